The van der Waals surface area contributed by atoms with Crippen molar-refractivity contribution in [2.75, 3.05) is 41.4 Å². The number of aliphatic hydroxyl groups excluding tert-OH is 1. The van der Waals surface area contributed by atoms with E-state index < -0.39 is 28.4 Å². The molecule has 0 radical (unpaired) electrons. The van der Waals surface area contributed by atoms with E-state index in [1.54, 1.807) is 12.1 Å². The Balaban J connectivity index is 2.20. The zero-order chi connectivity index (χ0) is 24.3. The maximum absolute atomic E-state index is 13.0. The van der Waals surface area contributed by atoms with Gasteiger partial charge in [0.25, 0.3) is 17.4 Å². The van der Waals surface area contributed by atoms with Crippen molar-refractivity contribution in [3.63, 3.8) is 0 Å². The lowest BCUT2D eigenvalue weighted by atomic mass is 9.95. The predicted octanol–water partition coefficient (Wildman–Crippen LogP) is 2.60. The van der Waals surface area contributed by atoms with Gasteiger partial charge in [0.1, 0.15) is 5.76 Å². The van der Waals surface area contributed by atoms with E-state index in [4.69, 9.17) is 9.47 Å². The summed E-state index contributed by atoms with van der Waals surface area (Å²) < 4.78 is 10.5. The van der Waals surface area contributed by atoms with Gasteiger partial charge in [0.05, 0.1) is 30.8 Å². The fourth-order valence-corrected chi connectivity index (χ4v) is 3.71. The predicted molar refractivity (Wildman–Crippen MR) is 120 cm³/mol. The topological polar surface area (TPSA) is 122 Å². The van der Waals surface area contributed by atoms with Gasteiger partial charge in [-0.2, -0.15) is 0 Å². The first kappa shape index (κ1) is 23.7. The number of hydrogen-bond acceptors (Lipinski definition) is 8. The van der Waals surface area contributed by atoms with Crippen LogP contribution in [0.2, 0.25) is 0 Å². The monoisotopic (exact) mass is 455 g/mol. The van der Waals surface area contributed by atoms with E-state index in [0.29, 0.717) is 23.6 Å². The molecule has 1 fully saturated rings. The number of amides is 1. The Morgan fingerprint density at radius 3 is 2.42 bits per heavy atom. The Bertz CT molecular complexity index is 1130. The van der Waals surface area contributed by atoms with Gasteiger partial charge in [-0.1, -0.05) is 12.1 Å². The number of hydrogen-bond donors (Lipinski definition) is 1. The van der Waals surface area contributed by atoms with Crippen molar-refractivity contribution in [2.24, 2.45) is 0 Å². The summed E-state index contributed by atoms with van der Waals surface area (Å²) in [7, 11) is 6.55. The molecule has 1 aliphatic rings. The molecule has 1 N–H and O–H groups in total. The molecule has 1 saturated heterocycles. The molecule has 1 aliphatic heterocycles. The summed E-state index contributed by atoms with van der Waals surface area (Å²) in [6.45, 7) is 0.641. The lowest BCUT2D eigenvalue weighted by Crippen LogP contribution is -2.35. The van der Waals surface area contributed by atoms with E-state index in [2.05, 4.69) is 0 Å². The second-order valence-electron chi connectivity index (χ2n) is 7.72. The molecule has 3 rings (SSSR count). The number of nitro benzene ring substituents is 1. The minimum Gasteiger partial charge on any atom is -0.507 e. The molecular weight excluding hydrogens is 430 g/mol. The van der Waals surface area contributed by atoms with Crippen LogP contribution >= 0.6 is 0 Å². The fourth-order valence-electron chi connectivity index (χ4n) is 3.71. The molecule has 0 bridgehead atoms. The molecule has 0 saturated carbocycles. The zero-order valence-electron chi connectivity index (χ0n) is 18.8. The van der Waals surface area contributed by atoms with Crippen LogP contribution in [0.15, 0.2) is 48.0 Å². The second-order valence-corrected chi connectivity index (χ2v) is 7.72. The second kappa shape index (κ2) is 9.70. The Kier molecular flexibility index (Phi) is 6.98. The van der Waals surface area contributed by atoms with Gasteiger partial charge < -0.3 is 24.4 Å². The summed E-state index contributed by atoms with van der Waals surface area (Å²) in [4.78, 5) is 39.9. The standard InChI is InChI=1S/C23H25N3O7/c1-24(2)10-11-25-20(14-6-5-7-16(12-14)26(30)31)19(22(28)23(25)29)21(27)15-8-9-17(32-3)18(13-15)33-4/h5-9,12-13,20,27H,10-11H2,1-4H3/b21-19+/t20-/m1/s1. The summed E-state index contributed by atoms with van der Waals surface area (Å²) in [5.41, 5.74) is 0.265. The molecule has 174 valence electrons. The zero-order valence-corrected chi connectivity index (χ0v) is 18.8. The minimum absolute atomic E-state index is 0.147. The van der Waals surface area contributed by atoms with Gasteiger partial charge in [0, 0.05) is 30.8 Å². The van der Waals surface area contributed by atoms with Crippen LogP contribution in [0.5, 0.6) is 11.5 Å². The maximum atomic E-state index is 13.0. The third-order valence-corrected chi connectivity index (χ3v) is 5.38. The molecule has 0 spiro atoms. The molecule has 0 aliphatic carbocycles. The number of ketones is 1. The van der Waals surface area contributed by atoms with Crippen LogP contribution in [-0.2, 0) is 9.59 Å². The molecule has 2 aromatic rings. The summed E-state index contributed by atoms with van der Waals surface area (Å²) >= 11 is 0. The number of non-ortho nitro benzene ring substituents is 1. The Hall–Kier alpha value is -3.92. The molecular formula is C23H25N3O7. The lowest BCUT2D eigenvalue weighted by molar-refractivity contribution is -0.384. The lowest BCUT2D eigenvalue weighted by Gasteiger charge is -2.26. The van der Waals surface area contributed by atoms with Crippen LogP contribution in [0, 0.1) is 10.1 Å². The third-order valence-electron chi connectivity index (χ3n) is 5.38. The summed E-state index contributed by atoms with van der Waals surface area (Å²) in [5.74, 6) is -1.29. The van der Waals surface area contributed by atoms with Crippen molar-refractivity contribution in [1.82, 2.24) is 9.80 Å². The van der Waals surface area contributed by atoms with Gasteiger partial charge in [0.15, 0.2) is 11.5 Å². The van der Waals surface area contributed by atoms with Crippen LogP contribution in [0.4, 0.5) is 5.69 Å². The van der Waals surface area contributed by atoms with E-state index in [9.17, 15) is 24.8 Å². The van der Waals surface area contributed by atoms with Crippen LogP contribution in [0.25, 0.3) is 5.76 Å². The highest BCUT2D eigenvalue weighted by molar-refractivity contribution is 6.46. The quantitative estimate of drug-likeness (QED) is 0.212. The summed E-state index contributed by atoms with van der Waals surface area (Å²) in [6, 6.07) is 9.31. The van der Waals surface area contributed by atoms with E-state index in [1.807, 2.05) is 19.0 Å². The highest BCUT2D eigenvalue weighted by atomic mass is 16.6. The number of Topliss-reactive ketones (excluding diaryl/α,β-unsaturated/α-hetero) is 1. The van der Waals surface area contributed by atoms with Crippen molar-refractivity contribution < 1.29 is 29.1 Å². The van der Waals surface area contributed by atoms with E-state index in [1.165, 1.54) is 49.5 Å². The van der Waals surface area contributed by atoms with E-state index in [0.717, 1.165) is 0 Å². The molecule has 33 heavy (non-hydrogen) atoms. The molecule has 10 nitrogen and oxygen atoms in total. The summed E-state index contributed by atoms with van der Waals surface area (Å²) in [5, 5.41) is 22.5. The largest absolute Gasteiger partial charge is 0.507 e. The molecule has 0 unspecified atom stereocenters. The fraction of sp³-hybridized carbons (Fsp3) is 0.304. The van der Waals surface area contributed by atoms with Crippen LogP contribution in [0.3, 0.4) is 0 Å². The number of methoxy groups -OCH3 is 2. The number of carbonyl (C=O) groups is 2. The number of ether oxygens (including phenoxy) is 2. The number of benzene rings is 2. The number of nitro groups is 1. The Labute approximate surface area is 190 Å². The van der Waals surface area contributed by atoms with Crippen molar-refractivity contribution in [3.05, 3.63) is 69.3 Å². The molecule has 1 amide bonds. The average molecular weight is 455 g/mol. The van der Waals surface area contributed by atoms with Gasteiger partial charge in [-0.25, -0.2) is 0 Å². The average Bonchev–Trinajstić information content (AvgIpc) is 3.06. The summed E-state index contributed by atoms with van der Waals surface area (Å²) in [6.07, 6.45) is 0. The van der Waals surface area contributed by atoms with Crippen molar-refractivity contribution >= 4 is 23.1 Å². The van der Waals surface area contributed by atoms with Gasteiger partial charge in [-0.15, -0.1) is 0 Å². The first-order chi connectivity index (χ1) is 15.7. The minimum atomic E-state index is -0.988. The van der Waals surface area contributed by atoms with Gasteiger partial charge in [-0.05, 0) is 37.9 Å². The van der Waals surface area contributed by atoms with Crippen LogP contribution in [0.1, 0.15) is 17.2 Å². The Morgan fingerprint density at radius 2 is 1.82 bits per heavy atom. The molecule has 2 aromatic carbocycles. The molecule has 0 aromatic heterocycles. The smallest absolute Gasteiger partial charge is 0.295 e. The number of carbonyl (C=O) groups excluding carboxylic acids is 2. The highest BCUT2D eigenvalue weighted by Gasteiger charge is 2.46. The van der Waals surface area contributed by atoms with Gasteiger partial charge in [-0.3, -0.25) is 19.7 Å². The molecule has 1 atom stereocenters. The van der Waals surface area contributed by atoms with E-state index >= 15 is 0 Å². The molecule has 1 heterocycles. The maximum Gasteiger partial charge on any atom is 0.295 e. The first-order valence-electron chi connectivity index (χ1n) is 10.1. The van der Waals surface area contributed by atoms with Crippen LogP contribution < -0.4 is 9.47 Å². The first-order valence-corrected chi connectivity index (χ1v) is 10.1. The normalized spacial score (nSPS) is 17.5. The Morgan fingerprint density at radius 1 is 1.12 bits per heavy atom. The third kappa shape index (κ3) is 4.65. The van der Waals surface area contributed by atoms with Gasteiger partial charge >= 0.3 is 0 Å². The SMILES string of the molecule is COc1ccc(/C(O)=C2\C(=O)C(=O)N(CCN(C)C)[C@@H]2c2cccc([N+](=O)[O-])c2)cc1OC. The van der Waals surface area contributed by atoms with Crippen LogP contribution in [-0.4, -0.2) is 72.9 Å². The number of nitrogens with zero attached hydrogens (tertiary/aromatic N) is 3. The van der Waals surface area contributed by atoms with Crippen molar-refractivity contribution in [2.45, 2.75) is 6.04 Å². The number of aliphatic hydroxyl groups is 1. The van der Waals surface area contributed by atoms with Crippen molar-refractivity contribution in [1.29, 1.82) is 0 Å². The number of rotatable bonds is 8. The van der Waals surface area contributed by atoms with Crippen molar-refractivity contribution in [3.8, 4) is 11.5 Å². The number of likely N-dealkylation sites (N-methyl/N-ethyl adjacent to an activating group) is 1. The molecule has 10 heteroatoms. The number of likely N-dealkylation sites (tertiary alicyclic amines) is 1. The van der Waals surface area contributed by atoms with Gasteiger partial charge in [0.2, 0.25) is 0 Å². The van der Waals surface area contributed by atoms with E-state index in [-0.39, 0.29) is 23.4 Å². The highest BCUT2D eigenvalue weighted by Crippen LogP contribution is 2.41.